The molecule has 0 spiro atoms. The third-order valence-electron chi connectivity index (χ3n) is 3.79. The number of nitrogens with one attached hydrogen (secondary N) is 1. The van der Waals surface area contributed by atoms with Crippen molar-refractivity contribution in [1.29, 1.82) is 0 Å². The van der Waals surface area contributed by atoms with Crippen LogP contribution in [-0.2, 0) is 47.6 Å². The second kappa shape index (κ2) is 12.3. The Morgan fingerprint density at radius 1 is 0.897 bits per heavy atom. The monoisotopic (exact) mass is 419 g/mol. The first-order valence-electron chi connectivity index (χ1n) is 9.25. The predicted octanol–water partition coefficient (Wildman–Crippen LogP) is -0.304. The minimum atomic E-state index is -1.14. The Kier molecular flexibility index (Phi) is 10.6. The van der Waals surface area contributed by atoms with Crippen molar-refractivity contribution in [2.24, 2.45) is 0 Å². The number of hydrogen-bond donors (Lipinski definition) is 1. The molecule has 1 rings (SSSR count). The van der Waals surface area contributed by atoms with Gasteiger partial charge in [0.25, 0.3) is 0 Å². The van der Waals surface area contributed by atoms with Gasteiger partial charge in [0.15, 0.2) is 18.5 Å². The summed E-state index contributed by atoms with van der Waals surface area (Å²) in [7, 11) is 0. The highest BCUT2D eigenvalue weighted by molar-refractivity contribution is 5.73. The van der Waals surface area contributed by atoms with Crippen LogP contribution in [0.15, 0.2) is 0 Å². The van der Waals surface area contributed by atoms with Gasteiger partial charge in [-0.1, -0.05) is 0 Å². The van der Waals surface area contributed by atoms with Crippen LogP contribution in [0.5, 0.6) is 0 Å². The van der Waals surface area contributed by atoms with E-state index in [1.54, 1.807) is 0 Å². The van der Waals surface area contributed by atoms with Crippen molar-refractivity contribution in [3.63, 3.8) is 0 Å². The van der Waals surface area contributed by atoms with Gasteiger partial charge in [-0.2, -0.15) is 0 Å². The van der Waals surface area contributed by atoms with Gasteiger partial charge in [0.05, 0.1) is 13.2 Å². The molecule has 166 valence electrons. The molecule has 1 fully saturated rings. The molecule has 1 saturated heterocycles. The average molecular weight is 419 g/mol. The summed E-state index contributed by atoms with van der Waals surface area (Å²) in [5, 5.41) is 2.61. The molecule has 11 heteroatoms. The van der Waals surface area contributed by atoms with Crippen LogP contribution in [0, 0.1) is 0 Å². The van der Waals surface area contributed by atoms with Gasteiger partial charge in [-0.25, -0.2) is 0 Å². The molecule has 0 aromatic carbocycles. The average Bonchev–Trinajstić information content (AvgIpc) is 2.60. The SMILES string of the molecule is CCOCCOC1OC(COC(C)=O)C(OC(C)=O)C(OC(C)=O)C1NC(C)=O. The minimum Gasteiger partial charge on any atom is -0.463 e. The van der Waals surface area contributed by atoms with Crippen LogP contribution in [0.1, 0.15) is 34.6 Å². The fourth-order valence-electron chi connectivity index (χ4n) is 2.80. The third-order valence-corrected chi connectivity index (χ3v) is 3.79. The van der Waals surface area contributed by atoms with E-state index in [0.29, 0.717) is 6.61 Å². The second-order valence-corrected chi connectivity index (χ2v) is 6.29. The number of ether oxygens (including phenoxy) is 6. The summed E-state index contributed by atoms with van der Waals surface area (Å²) in [6.45, 7) is 7.27. The molecule has 1 aliphatic rings. The van der Waals surface area contributed by atoms with Gasteiger partial charge in [-0.3, -0.25) is 19.2 Å². The molecule has 0 aliphatic carbocycles. The number of rotatable bonds is 10. The van der Waals surface area contributed by atoms with Crippen LogP contribution in [0.25, 0.3) is 0 Å². The van der Waals surface area contributed by atoms with Crippen molar-refractivity contribution < 1.29 is 47.6 Å². The third kappa shape index (κ3) is 8.75. The first-order chi connectivity index (χ1) is 13.6. The van der Waals surface area contributed by atoms with E-state index in [-0.39, 0.29) is 19.8 Å². The molecule has 1 N–H and O–H groups in total. The molecule has 1 amide bonds. The highest BCUT2D eigenvalue weighted by atomic mass is 16.7. The Hall–Kier alpha value is -2.24. The standard InChI is InChI=1S/C18H29NO10/c1-6-24-7-8-25-18-15(19-10(2)20)17(28-13(5)23)16(27-12(4)22)14(29-18)9-26-11(3)21/h14-18H,6-9H2,1-5H3,(H,19,20). The number of amides is 1. The zero-order valence-electron chi connectivity index (χ0n) is 17.3. The van der Waals surface area contributed by atoms with Crippen LogP contribution >= 0.6 is 0 Å². The Bertz CT molecular complexity index is 581. The van der Waals surface area contributed by atoms with E-state index < -0.39 is 54.5 Å². The van der Waals surface area contributed by atoms with E-state index in [1.165, 1.54) is 27.7 Å². The summed E-state index contributed by atoms with van der Waals surface area (Å²) < 4.78 is 32.3. The van der Waals surface area contributed by atoms with Crippen LogP contribution in [0.2, 0.25) is 0 Å². The number of hydrogen-bond acceptors (Lipinski definition) is 10. The Balaban J connectivity index is 3.17. The van der Waals surface area contributed by atoms with Crippen LogP contribution < -0.4 is 5.32 Å². The van der Waals surface area contributed by atoms with Crippen molar-refractivity contribution in [3.8, 4) is 0 Å². The molecule has 11 nitrogen and oxygen atoms in total. The van der Waals surface area contributed by atoms with Gasteiger partial charge in [-0.05, 0) is 6.92 Å². The molecule has 0 aromatic rings. The van der Waals surface area contributed by atoms with Gasteiger partial charge in [0.1, 0.15) is 18.8 Å². The van der Waals surface area contributed by atoms with E-state index in [1.807, 2.05) is 6.92 Å². The molecule has 0 saturated carbocycles. The van der Waals surface area contributed by atoms with Crippen molar-refractivity contribution in [2.75, 3.05) is 26.4 Å². The van der Waals surface area contributed by atoms with E-state index in [9.17, 15) is 19.2 Å². The van der Waals surface area contributed by atoms with Gasteiger partial charge in [-0.15, -0.1) is 0 Å². The molecule has 0 aromatic heterocycles. The maximum Gasteiger partial charge on any atom is 0.303 e. The molecule has 5 atom stereocenters. The first-order valence-corrected chi connectivity index (χ1v) is 9.25. The number of carbonyl (C=O) groups is 4. The molecule has 1 aliphatic heterocycles. The summed E-state index contributed by atoms with van der Waals surface area (Å²) in [6, 6.07) is -0.976. The summed E-state index contributed by atoms with van der Waals surface area (Å²) in [5.74, 6) is -2.34. The fourth-order valence-corrected chi connectivity index (χ4v) is 2.80. The van der Waals surface area contributed by atoms with Gasteiger partial charge in [0, 0.05) is 34.3 Å². The van der Waals surface area contributed by atoms with Crippen LogP contribution in [0.3, 0.4) is 0 Å². The Morgan fingerprint density at radius 2 is 1.52 bits per heavy atom. The van der Waals surface area contributed by atoms with Gasteiger partial charge >= 0.3 is 17.9 Å². The summed E-state index contributed by atoms with van der Waals surface area (Å²) >= 11 is 0. The zero-order valence-corrected chi connectivity index (χ0v) is 17.3. The van der Waals surface area contributed by atoms with Crippen LogP contribution in [0.4, 0.5) is 0 Å². The maximum atomic E-state index is 11.7. The second-order valence-electron chi connectivity index (χ2n) is 6.29. The largest absolute Gasteiger partial charge is 0.463 e. The molecule has 29 heavy (non-hydrogen) atoms. The minimum absolute atomic E-state index is 0.125. The highest BCUT2D eigenvalue weighted by Crippen LogP contribution is 2.28. The molecule has 5 unspecified atom stereocenters. The lowest BCUT2D eigenvalue weighted by atomic mass is 9.96. The molecule has 1 heterocycles. The smallest absolute Gasteiger partial charge is 0.303 e. The highest BCUT2D eigenvalue weighted by Gasteiger charge is 2.51. The quantitative estimate of drug-likeness (QED) is 0.285. The summed E-state index contributed by atoms with van der Waals surface area (Å²) in [4.78, 5) is 46.3. The lowest BCUT2D eigenvalue weighted by Crippen LogP contribution is -2.66. The first kappa shape index (κ1) is 24.8. The van der Waals surface area contributed by atoms with Gasteiger partial charge < -0.3 is 33.7 Å². The summed E-state index contributed by atoms with van der Waals surface area (Å²) in [5.41, 5.74) is 0. The van der Waals surface area contributed by atoms with Crippen molar-refractivity contribution in [2.45, 2.75) is 65.3 Å². The Morgan fingerprint density at radius 3 is 2.03 bits per heavy atom. The van der Waals surface area contributed by atoms with Gasteiger partial charge in [0.2, 0.25) is 5.91 Å². The number of carbonyl (C=O) groups excluding carboxylic acids is 4. The molecular weight excluding hydrogens is 390 g/mol. The lowest BCUT2D eigenvalue weighted by molar-refractivity contribution is -0.279. The maximum absolute atomic E-state index is 11.7. The van der Waals surface area contributed by atoms with E-state index in [4.69, 9.17) is 28.4 Å². The normalized spacial score (nSPS) is 26.3. The molecule has 0 radical (unpaired) electrons. The molecule has 0 bridgehead atoms. The van der Waals surface area contributed by atoms with Crippen molar-refractivity contribution >= 4 is 23.8 Å². The summed E-state index contributed by atoms with van der Waals surface area (Å²) in [6.07, 6.45) is -4.34. The predicted molar refractivity (Wildman–Crippen MR) is 96.5 cm³/mol. The fraction of sp³-hybridized carbons (Fsp3) is 0.778. The topological polar surface area (TPSA) is 136 Å². The van der Waals surface area contributed by atoms with Crippen molar-refractivity contribution in [1.82, 2.24) is 5.32 Å². The Labute approximate surface area is 169 Å². The van der Waals surface area contributed by atoms with Crippen molar-refractivity contribution in [3.05, 3.63) is 0 Å². The number of esters is 3. The zero-order chi connectivity index (χ0) is 22.0. The molecular formula is C18H29NO10. The van der Waals surface area contributed by atoms with E-state index in [2.05, 4.69) is 5.32 Å². The lowest BCUT2D eigenvalue weighted by Gasteiger charge is -2.44. The van der Waals surface area contributed by atoms with E-state index in [0.717, 1.165) is 0 Å². The van der Waals surface area contributed by atoms with Crippen LogP contribution in [-0.4, -0.2) is 80.9 Å². The van der Waals surface area contributed by atoms with E-state index >= 15 is 0 Å².